The number of likely N-dealkylation sites (N-methyl/N-ethyl adjacent to an activating group) is 1. The Morgan fingerprint density at radius 3 is 2.65 bits per heavy atom. The minimum absolute atomic E-state index is 0.0718. The molecule has 0 aliphatic heterocycles. The molecule has 3 unspecified atom stereocenters. The molecular formula is C14H25NO2. The maximum absolute atomic E-state index is 11.5. The van der Waals surface area contributed by atoms with Crippen LogP contribution in [0.25, 0.3) is 0 Å². The fraction of sp³-hybridized carbons (Fsp3) is 0.929. The van der Waals surface area contributed by atoms with Crippen molar-refractivity contribution in [2.24, 2.45) is 17.8 Å². The molecule has 2 aliphatic rings. The highest BCUT2D eigenvalue weighted by molar-refractivity contribution is 5.71. The van der Waals surface area contributed by atoms with Crippen LogP contribution >= 0.6 is 0 Å². The van der Waals surface area contributed by atoms with Gasteiger partial charge in [-0.25, -0.2) is 0 Å². The van der Waals surface area contributed by atoms with Crippen molar-refractivity contribution in [1.29, 1.82) is 0 Å². The smallest absolute Gasteiger partial charge is 0.320 e. The number of rotatable bonds is 6. The zero-order chi connectivity index (χ0) is 12.3. The van der Waals surface area contributed by atoms with Gasteiger partial charge in [0, 0.05) is 6.54 Å². The Labute approximate surface area is 105 Å². The van der Waals surface area contributed by atoms with Gasteiger partial charge < -0.3 is 4.74 Å². The quantitative estimate of drug-likeness (QED) is 0.666. The molecule has 0 aromatic heterocycles. The highest BCUT2D eigenvalue weighted by Gasteiger charge is 2.39. The first-order valence-corrected chi connectivity index (χ1v) is 7.10. The van der Waals surface area contributed by atoms with Crippen LogP contribution < -0.4 is 0 Å². The molecule has 0 radical (unpaired) electrons. The van der Waals surface area contributed by atoms with E-state index in [4.69, 9.17) is 4.74 Å². The highest BCUT2D eigenvalue weighted by atomic mass is 16.5. The van der Waals surface area contributed by atoms with Crippen molar-refractivity contribution in [3.63, 3.8) is 0 Å². The van der Waals surface area contributed by atoms with Gasteiger partial charge in [0.2, 0.25) is 0 Å². The number of carbonyl (C=O) groups is 1. The van der Waals surface area contributed by atoms with Crippen molar-refractivity contribution >= 4 is 5.97 Å². The molecule has 2 fully saturated rings. The molecule has 0 amide bonds. The number of nitrogens with zero attached hydrogens (tertiary/aromatic N) is 1. The third kappa shape index (κ3) is 3.21. The van der Waals surface area contributed by atoms with E-state index in [2.05, 4.69) is 11.8 Å². The van der Waals surface area contributed by atoms with E-state index in [0.717, 1.165) is 30.8 Å². The molecule has 0 aromatic rings. The van der Waals surface area contributed by atoms with Crippen LogP contribution in [0.5, 0.6) is 0 Å². The van der Waals surface area contributed by atoms with Gasteiger partial charge in [-0.15, -0.1) is 0 Å². The molecule has 3 atom stereocenters. The lowest BCUT2D eigenvalue weighted by Gasteiger charge is -2.28. The van der Waals surface area contributed by atoms with Crippen LogP contribution in [-0.4, -0.2) is 37.1 Å². The van der Waals surface area contributed by atoms with E-state index in [0.29, 0.717) is 13.2 Å². The molecule has 0 saturated heterocycles. The molecule has 0 aromatic carbocycles. The summed E-state index contributed by atoms with van der Waals surface area (Å²) in [5.41, 5.74) is 0. The Morgan fingerprint density at radius 1 is 1.29 bits per heavy atom. The van der Waals surface area contributed by atoms with E-state index in [9.17, 15) is 4.79 Å². The molecule has 98 valence electrons. The standard InChI is InChI=1S/C14H25NO2/c1-3-15(10-14(16)17-4-2)9-13-8-11-5-6-12(13)7-11/h11-13H,3-10H2,1-2H3. The van der Waals surface area contributed by atoms with Crippen LogP contribution in [0.1, 0.15) is 39.5 Å². The Bertz CT molecular complexity index is 267. The molecule has 2 bridgehead atoms. The SMILES string of the molecule is CCOC(=O)CN(CC)CC1CC2CCC1C2. The number of hydrogen-bond donors (Lipinski definition) is 0. The average molecular weight is 239 g/mol. The summed E-state index contributed by atoms with van der Waals surface area (Å²) in [5, 5.41) is 0. The molecule has 0 spiro atoms. The number of carbonyl (C=O) groups excluding carboxylic acids is 1. The molecule has 0 heterocycles. The molecule has 3 nitrogen and oxygen atoms in total. The first kappa shape index (κ1) is 12.9. The normalized spacial score (nSPS) is 31.1. The summed E-state index contributed by atoms with van der Waals surface area (Å²) in [5.74, 6) is 2.70. The van der Waals surface area contributed by atoms with Gasteiger partial charge in [0.25, 0.3) is 0 Å². The Balaban J connectivity index is 1.77. The Morgan fingerprint density at radius 2 is 2.12 bits per heavy atom. The van der Waals surface area contributed by atoms with Crippen molar-refractivity contribution < 1.29 is 9.53 Å². The first-order chi connectivity index (χ1) is 8.22. The predicted molar refractivity (Wildman–Crippen MR) is 67.7 cm³/mol. The molecule has 2 rings (SSSR count). The number of esters is 1. The van der Waals surface area contributed by atoms with Crippen LogP contribution in [0.15, 0.2) is 0 Å². The van der Waals surface area contributed by atoms with Crippen LogP contribution in [0.4, 0.5) is 0 Å². The minimum Gasteiger partial charge on any atom is -0.465 e. The molecule has 3 heteroatoms. The highest BCUT2D eigenvalue weighted by Crippen LogP contribution is 2.48. The molecule has 0 N–H and O–H groups in total. The van der Waals surface area contributed by atoms with Gasteiger partial charge in [-0.2, -0.15) is 0 Å². The van der Waals surface area contributed by atoms with Gasteiger partial charge in [0.15, 0.2) is 0 Å². The lowest BCUT2D eigenvalue weighted by molar-refractivity contribution is -0.144. The average Bonchev–Trinajstić information content (AvgIpc) is 2.90. The summed E-state index contributed by atoms with van der Waals surface area (Å²) in [4.78, 5) is 13.7. The molecule has 2 saturated carbocycles. The minimum atomic E-state index is -0.0718. The van der Waals surface area contributed by atoms with Crippen LogP contribution in [-0.2, 0) is 9.53 Å². The lowest BCUT2D eigenvalue weighted by atomic mass is 9.88. The summed E-state index contributed by atoms with van der Waals surface area (Å²) >= 11 is 0. The Hall–Kier alpha value is -0.570. The monoisotopic (exact) mass is 239 g/mol. The first-order valence-electron chi connectivity index (χ1n) is 7.10. The summed E-state index contributed by atoms with van der Waals surface area (Å²) in [6, 6.07) is 0. The summed E-state index contributed by atoms with van der Waals surface area (Å²) in [6.07, 6.45) is 5.71. The summed E-state index contributed by atoms with van der Waals surface area (Å²) in [7, 11) is 0. The number of hydrogen-bond acceptors (Lipinski definition) is 3. The van der Waals surface area contributed by atoms with Gasteiger partial charge in [-0.05, 0) is 50.5 Å². The molecule has 17 heavy (non-hydrogen) atoms. The predicted octanol–water partition coefficient (Wildman–Crippen LogP) is 2.31. The summed E-state index contributed by atoms with van der Waals surface area (Å²) in [6.45, 7) is 7.00. The molecule has 2 aliphatic carbocycles. The maximum atomic E-state index is 11.5. The van der Waals surface area contributed by atoms with Crippen molar-refractivity contribution in [2.45, 2.75) is 39.5 Å². The van der Waals surface area contributed by atoms with Crippen molar-refractivity contribution in [3.05, 3.63) is 0 Å². The van der Waals surface area contributed by atoms with Crippen molar-refractivity contribution in [1.82, 2.24) is 4.90 Å². The summed E-state index contributed by atoms with van der Waals surface area (Å²) < 4.78 is 5.02. The van der Waals surface area contributed by atoms with Gasteiger partial charge in [0.05, 0.1) is 13.2 Å². The largest absolute Gasteiger partial charge is 0.465 e. The fourth-order valence-electron chi connectivity index (χ4n) is 3.63. The maximum Gasteiger partial charge on any atom is 0.320 e. The van der Waals surface area contributed by atoms with Crippen LogP contribution in [0, 0.1) is 17.8 Å². The van der Waals surface area contributed by atoms with E-state index in [1.807, 2.05) is 6.92 Å². The zero-order valence-corrected chi connectivity index (χ0v) is 11.2. The Kier molecular flexibility index (Phi) is 4.43. The second-order valence-corrected chi connectivity index (χ2v) is 5.57. The number of fused-ring (bicyclic) bond motifs is 2. The van der Waals surface area contributed by atoms with Crippen molar-refractivity contribution in [2.75, 3.05) is 26.2 Å². The third-order valence-corrected chi connectivity index (χ3v) is 4.48. The second-order valence-electron chi connectivity index (χ2n) is 5.57. The van der Waals surface area contributed by atoms with Crippen molar-refractivity contribution in [3.8, 4) is 0 Å². The fourth-order valence-corrected chi connectivity index (χ4v) is 3.63. The van der Waals surface area contributed by atoms with Crippen LogP contribution in [0.2, 0.25) is 0 Å². The van der Waals surface area contributed by atoms with E-state index in [1.54, 1.807) is 0 Å². The zero-order valence-electron chi connectivity index (χ0n) is 11.2. The van der Waals surface area contributed by atoms with E-state index in [1.165, 1.54) is 25.7 Å². The topological polar surface area (TPSA) is 29.5 Å². The molecular weight excluding hydrogens is 214 g/mol. The van der Waals surface area contributed by atoms with Gasteiger partial charge in [-0.1, -0.05) is 13.3 Å². The van der Waals surface area contributed by atoms with Gasteiger partial charge in [-0.3, -0.25) is 9.69 Å². The van der Waals surface area contributed by atoms with Gasteiger partial charge in [0.1, 0.15) is 0 Å². The van der Waals surface area contributed by atoms with E-state index in [-0.39, 0.29) is 5.97 Å². The van der Waals surface area contributed by atoms with Gasteiger partial charge >= 0.3 is 5.97 Å². The second kappa shape index (κ2) is 5.85. The van der Waals surface area contributed by atoms with E-state index < -0.39 is 0 Å². The number of ether oxygens (including phenoxy) is 1. The third-order valence-electron chi connectivity index (χ3n) is 4.48. The van der Waals surface area contributed by atoms with E-state index >= 15 is 0 Å². The van der Waals surface area contributed by atoms with Crippen LogP contribution in [0.3, 0.4) is 0 Å². The lowest BCUT2D eigenvalue weighted by Crippen LogP contribution is -2.36.